The van der Waals surface area contributed by atoms with Gasteiger partial charge >= 0.3 is 5.97 Å². The zero-order valence-electron chi connectivity index (χ0n) is 11.7. The van der Waals surface area contributed by atoms with Crippen molar-refractivity contribution in [2.45, 2.75) is 20.3 Å². The van der Waals surface area contributed by atoms with Crippen molar-refractivity contribution in [3.05, 3.63) is 29.3 Å². The first kappa shape index (κ1) is 14.4. The van der Waals surface area contributed by atoms with Gasteiger partial charge in [0, 0.05) is 13.1 Å². The highest BCUT2D eigenvalue weighted by molar-refractivity contribution is 5.97. The van der Waals surface area contributed by atoms with E-state index in [4.69, 9.17) is 5.11 Å². The topological polar surface area (TPSA) is 77.8 Å². The summed E-state index contributed by atoms with van der Waals surface area (Å²) in [6.45, 7) is 4.41. The van der Waals surface area contributed by atoms with Gasteiger partial charge in [0.25, 0.3) is 5.91 Å². The van der Waals surface area contributed by atoms with Gasteiger partial charge in [-0.15, -0.1) is 0 Å². The number of amides is 1. The van der Waals surface area contributed by atoms with Crippen molar-refractivity contribution in [2.24, 2.45) is 11.8 Å². The maximum atomic E-state index is 12.4. The molecule has 1 fully saturated rings. The number of rotatable bonds is 3. The molecule has 0 spiro atoms. The average molecular weight is 277 g/mol. The molecule has 1 aromatic carbocycles. The molecule has 0 unspecified atom stereocenters. The summed E-state index contributed by atoms with van der Waals surface area (Å²) in [5.74, 6) is -1.84. The summed E-state index contributed by atoms with van der Waals surface area (Å²) >= 11 is 0. The fraction of sp³-hybridized carbons (Fsp3) is 0.467. The molecule has 1 heterocycles. The smallest absolute Gasteiger partial charge is 0.308 e. The molecule has 1 aliphatic rings. The Morgan fingerprint density at radius 2 is 2.05 bits per heavy atom. The van der Waals surface area contributed by atoms with Crippen LogP contribution in [0.15, 0.2) is 18.2 Å². The van der Waals surface area contributed by atoms with Crippen molar-refractivity contribution in [3.63, 3.8) is 0 Å². The minimum atomic E-state index is -0.876. The van der Waals surface area contributed by atoms with Gasteiger partial charge in [-0.3, -0.25) is 9.59 Å². The highest BCUT2D eigenvalue weighted by Gasteiger charge is 2.37. The minimum absolute atomic E-state index is 0.0568. The van der Waals surface area contributed by atoms with Crippen LogP contribution in [0.25, 0.3) is 0 Å². The van der Waals surface area contributed by atoms with Gasteiger partial charge in [0.15, 0.2) is 0 Å². The van der Waals surface area contributed by atoms with Crippen LogP contribution >= 0.6 is 0 Å². The molecule has 1 saturated heterocycles. The van der Waals surface area contributed by atoms with E-state index < -0.39 is 11.9 Å². The van der Waals surface area contributed by atoms with Crippen molar-refractivity contribution in [3.8, 4) is 5.75 Å². The number of aliphatic carboxylic acids is 1. The van der Waals surface area contributed by atoms with Crippen LogP contribution in [0.4, 0.5) is 0 Å². The van der Waals surface area contributed by atoms with Crippen LogP contribution in [0.2, 0.25) is 0 Å². The predicted molar refractivity (Wildman–Crippen MR) is 73.7 cm³/mol. The molecule has 0 saturated carbocycles. The lowest BCUT2D eigenvalue weighted by molar-refractivity contribution is -0.142. The third-order valence-electron chi connectivity index (χ3n) is 3.92. The van der Waals surface area contributed by atoms with Crippen LogP contribution in [-0.4, -0.2) is 40.1 Å². The number of phenols is 1. The third-order valence-corrected chi connectivity index (χ3v) is 3.92. The van der Waals surface area contributed by atoms with Gasteiger partial charge in [-0.05, 0) is 30.0 Å². The van der Waals surface area contributed by atoms with E-state index in [0.29, 0.717) is 6.54 Å². The summed E-state index contributed by atoms with van der Waals surface area (Å²) in [5.41, 5.74) is 1.22. The lowest BCUT2D eigenvalue weighted by Gasteiger charge is -2.17. The molecule has 20 heavy (non-hydrogen) atoms. The standard InChI is InChI=1S/C15H19NO4/c1-3-10-4-5-13(17)11(6-10)14(18)16-7-9(2)12(8-16)15(19)20/h4-6,9,12,17H,3,7-8H2,1-2H3,(H,19,20)/t9-,12-/m1/s1. The van der Waals surface area contributed by atoms with E-state index >= 15 is 0 Å². The number of carbonyl (C=O) groups is 2. The van der Waals surface area contributed by atoms with E-state index in [1.54, 1.807) is 12.1 Å². The number of phenolic OH excluding ortho intramolecular Hbond substituents is 1. The molecule has 5 nitrogen and oxygen atoms in total. The number of benzene rings is 1. The fourth-order valence-corrected chi connectivity index (χ4v) is 2.60. The number of carboxylic acid groups (broad SMARTS) is 1. The lowest BCUT2D eigenvalue weighted by atomic mass is 9.99. The summed E-state index contributed by atoms with van der Waals surface area (Å²) in [6, 6.07) is 4.97. The first-order chi connectivity index (χ1) is 9.43. The SMILES string of the molecule is CCc1ccc(O)c(C(=O)N2C[C@@H](C)[C@H](C(=O)O)C2)c1. The molecule has 1 aromatic rings. The van der Waals surface area contributed by atoms with Crippen LogP contribution in [0.3, 0.4) is 0 Å². The van der Waals surface area contributed by atoms with Crippen molar-refractivity contribution < 1.29 is 19.8 Å². The number of carbonyl (C=O) groups excluding carboxylic acids is 1. The molecule has 0 aliphatic carbocycles. The van der Waals surface area contributed by atoms with Gasteiger partial charge < -0.3 is 15.1 Å². The summed E-state index contributed by atoms with van der Waals surface area (Å²) in [6.07, 6.45) is 0.773. The summed E-state index contributed by atoms with van der Waals surface area (Å²) < 4.78 is 0. The van der Waals surface area contributed by atoms with Crippen LogP contribution in [0.5, 0.6) is 5.75 Å². The van der Waals surface area contributed by atoms with Gasteiger partial charge in [-0.1, -0.05) is 19.9 Å². The molecule has 2 atom stereocenters. The predicted octanol–water partition coefficient (Wildman–Crippen LogP) is 1.75. The number of aryl methyl sites for hydroxylation is 1. The largest absolute Gasteiger partial charge is 0.507 e. The van der Waals surface area contributed by atoms with Gasteiger partial charge in [-0.25, -0.2) is 0 Å². The van der Waals surface area contributed by atoms with E-state index in [1.807, 2.05) is 13.8 Å². The Bertz CT molecular complexity index is 541. The minimum Gasteiger partial charge on any atom is -0.507 e. The summed E-state index contributed by atoms with van der Waals surface area (Å²) in [7, 11) is 0. The quantitative estimate of drug-likeness (QED) is 0.882. The number of nitrogens with zero attached hydrogens (tertiary/aromatic N) is 1. The van der Waals surface area contributed by atoms with Gasteiger partial charge in [-0.2, -0.15) is 0 Å². The van der Waals surface area contributed by atoms with Crippen LogP contribution in [0.1, 0.15) is 29.8 Å². The first-order valence-electron chi connectivity index (χ1n) is 6.78. The van der Waals surface area contributed by atoms with Gasteiger partial charge in [0.05, 0.1) is 11.5 Å². The Labute approximate surface area is 117 Å². The molecule has 5 heteroatoms. The molecule has 108 valence electrons. The second-order valence-electron chi connectivity index (χ2n) is 5.34. The Morgan fingerprint density at radius 3 is 2.60 bits per heavy atom. The average Bonchev–Trinajstić information content (AvgIpc) is 2.81. The van der Waals surface area contributed by atoms with Crippen molar-refractivity contribution in [2.75, 3.05) is 13.1 Å². The molecule has 2 N–H and O–H groups in total. The molecule has 1 amide bonds. The summed E-state index contributed by atoms with van der Waals surface area (Å²) in [5, 5.41) is 18.9. The van der Waals surface area contributed by atoms with Gasteiger partial charge in [0.1, 0.15) is 5.75 Å². The number of hydrogen-bond acceptors (Lipinski definition) is 3. The normalized spacial score (nSPS) is 22.0. The molecule has 1 aliphatic heterocycles. The number of aromatic hydroxyl groups is 1. The summed E-state index contributed by atoms with van der Waals surface area (Å²) in [4.78, 5) is 25.0. The van der Waals surface area contributed by atoms with Gasteiger partial charge in [0.2, 0.25) is 0 Å². The maximum Gasteiger partial charge on any atom is 0.308 e. The molecule has 0 radical (unpaired) electrons. The highest BCUT2D eigenvalue weighted by Crippen LogP contribution is 2.27. The van der Waals surface area contributed by atoms with E-state index in [0.717, 1.165) is 12.0 Å². The molecule has 0 bridgehead atoms. The Hall–Kier alpha value is -2.04. The number of hydrogen-bond donors (Lipinski definition) is 2. The maximum absolute atomic E-state index is 12.4. The van der Waals surface area contributed by atoms with E-state index in [2.05, 4.69) is 0 Å². The molecule has 0 aromatic heterocycles. The fourth-order valence-electron chi connectivity index (χ4n) is 2.60. The zero-order valence-corrected chi connectivity index (χ0v) is 11.7. The van der Waals surface area contributed by atoms with Crippen LogP contribution < -0.4 is 0 Å². The first-order valence-corrected chi connectivity index (χ1v) is 6.78. The second-order valence-corrected chi connectivity index (χ2v) is 5.34. The van der Waals surface area contributed by atoms with E-state index in [-0.39, 0.29) is 29.7 Å². The number of likely N-dealkylation sites (tertiary alicyclic amines) is 1. The van der Waals surface area contributed by atoms with Crippen LogP contribution in [-0.2, 0) is 11.2 Å². The van der Waals surface area contributed by atoms with Crippen molar-refractivity contribution in [1.82, 2.24) is 4.90 Å². The highest BCUT2D eigenvalue weighted by atomic mass is 16.4. The Kier molecular flexibility index (Phi) is 3.97. The van der Waals surface area contributed by atoms with Crippen LogP contribution in [0, 0.1) is 11.8 Å². The lowest BCUT2D eigenvalue weighted by Crippen LogP contribution is -2.30. The molecular formula is C15H19NO4. The molecule has 2 rings (SSSR count). The Morgan fingerprint density at radius 1 is 1.35 bits per heavy atom. The zero-order chi connectivity index (χ0) is 14.9. The third kappa shape index (κ3) is 2.61. The van der Waals surface area contributed by atoms with Crippen molar-refractivity contribution in [1.29, 1.82) is 0 Å². The van der Waals surface area contributed by atoms with Crippen molar-refractivity contribution >= 4 is 11.9 Å². The number of carboxylic acids is 1. The molecular weight excluding hydrogens is 258 g/mol. The Balaban J connectivity index is 2.22. The second kappa shape index (κ2) is 5.53. The monoisotopic (exact) mass is 277 g/mol. The van der Waals surface area contributed by atoms with E-state index in [9.17, 15) is 14.7 Å². The van der Waals surface area contributed by atoms with E-state index in [1.165, 1.54) is 11.0 Å².